The second kappa shape index (κ2) is 4.86. The van der Waals surface area contributed by atoms with E-state index in [9.17, 15) is 0 Å². The van der Waals surface area contributed by atoms with Gasteiger partial charge >= 0.3 is 0 Å². The highest BCUT2D eigenvalue weighted by atomic mass is 16.5. The molecular formula is C10H14N6O. The number of hydrogen-bond donors (Lipinski definition) is 1. The summed E-state index contributed by atoms with van der Waals surface area (Å²) < 4.78 is 4.87. The SMILES string of the molecule is Cc1nc(CCNc2nnc(C)c(C)n2)no1. The molecule has 0 radical (unpaired) electrons. The van der Waals surface area contributed by atoms with Crippen LogP contribution in [0, 0.1) is 20.8 Å². The lowest BCUT2D eigenvalue weighted by Gasteiger charge is -2.03. The Bertz CT molecular complexity index is 509. The Morgan fingerprint density at radius 1 is 1.06 bits per heavy atom. The van der Waals surface area contributed by atoms with Gasteiger partial charge in [-0.2, -0.15) is 10.1 Å². The van der Waals surface area contributed by atoms with Crippen LogP contribution in [0.4, 0.5) is 5.95 Å². The van der Waals surface area contributed by atoms with E-state index in [1.165, 1.54) is 0 Å². The number of hydrogen-bond acceptors (Lipinski definition) is 7. The summed E-state index contributed by atoms with van der Waals surface area (Å²) in [6.45, 7) is 6.18. The van der Waals surface area contributed by atoms with Gasteiger partial charge in [-0.15, -0.1) is 5.10 Å². The Labute approximate surface area is 98.7 Å². The molecule has 0 atom stereocenters. The van der Waals surface area contributed by atoms with Crippen LogP contribution in [0.1, 0.15) is 23.1 Å². The van der Waals surface area contributed by atoms with Gasteiger partial charge < -0.3 is 9.84 Å². The molecule has 0 saturated heterocycles. The van der Waals surface area contributed by atoms with Crippen molar-refractivity contribution in [3.8, 4) is 0 Å². The van der Waals surface area contributed by atoms with Crippen LogP contribution in [0.15, 0.2) is 4.52 Å². The van der Waals surface area contributed by atoms with Gasteiger partial charge in [-0.1, -0.05) is 5.16 Å². The van der Waals surface area contributed by atoms with E-state index in [1.54, 1.807) is 6.92 Å². The quantitative estimate of drug-likeness (QED) is 0.838. The summed E-state index contributed by atoms with van der Waals surface area (Å²) in [5.41, 5.74) is 1.71. The maximum atomic E-state index is 4.87. The van der Waals surface area contributed by atoms with E-state index in [0.717, 1.165) is 11.4 Å². The summed E-state index contributed by atoms with van der Waals surface area (Å²) in [5.74, 6) is 1.77. The summed E-state index contributed by atoms with van der Waals surface area (Å²) in [7, 11) is 0. The van der Waals surface area contributed by atoms with Crippen molar-refractivity contribution in [2.24, 2.45) is 0 Å². The largest absolute Gasteiger partial charge is 0.352 e. The summed E-state index contributed by atoms with van der Waals surface area (Å²) in [6.07, 6.45) is 0.660. The highest BCUT2D eigenvalue weighted by Crippen LogP contribution is 2.02. The summed E-state index contributed by atoms with van der Waals surface area (Å²) in [5, 5.41) is 14.8. The van der Waals surface area contributed by atoms with Crippen molar-refractivity contribution in [3.05, 3.63) is 23.1 Å². The summed E-state index contributed by atoms with van der Waals surface area (Å²) in [4.78, 5) is 8.36. The van der Waals surface area contributed by atoms with Crippen LogP contribution < -0.4 is 5.32 Å². The minimum atomic E-state index is 0.522. The van der Waals surface area contributed by atoms with Gasteiger partial charge in [-0.25, -0.2) is 4.98 Å². The molecule has 0 aliphatic rings. The summed E-state index contributed by atoms with van der Waals surface area (Å²) in [6, 6.07) is 0. The predicted octanol–water partition coefficient (Wildman–Crippen LogP) is 0.834. The van der Waals surface area contributed by atoms with E-state index in [-0.39, 0.29) is 0 Å². The first-order valence-corrected chi connectivity index (χ1v) is 5.36. The monoisotopic (exact) mass is 234 g/mol. The third-order valence-electron chi connectivity index (χ3n) is 2.29. The first-order chi connectivity index (χ1) is 8.15. The molecule has 7 nitrogen and oxygen atoms in total. The highest BCUT2D eigenvalue weighted by molar-refractivity contribution is 5.24. The molecule has 2 aromatic rings. The molecule has 0 bridgehead atoms. The molecule has 0 unspecified atom stereocenters. The van der Waals surface area contributed by atoms with Crippen LogP contribution in [0.25, 0.3) is 0 Å². The van der Waals surface area contributed by atoms with Crippen LogP contribution in [-0.2, 0) is 6.42 Å². The molecule has 2 rings (SSSR count). The van der Waals surface area contributed by atoms with Gasteiger partial charge in [0.15, 0.2) is 5.82 Å². The highest BCUT2D eigenvalue weighted by Gasteiger charge is 2.03. The Morgan fingerprint density at radius 3 is 2.53 bits per heavy atom. The average molecular weight is 234 g/mol. The van der Waals surface area contributed by atoms with Gasteiger partial charge in [0.25, 0.3) is 0 Å². The lowest BCUT2D eigenvalue weighted by atomic mass is 10.4. The zero-order chi connectivity index (χ0) is 12.3. The number of anilines is 1. The Kier molecular flexibility index (Phi) is 3.27. The van der Waals surface area contributed by atoms with E-state index in [2.05, 4.69) is 30.6 Å². The molecule has 0 spiro atoms. The average Bonchev–Trinajstić information content (AvgIpc) is 2.70. The van der Waals surface area contributed by atoms with Crippen LogP contribution in [-0.4, -0.2) is 31.9 Å². The first-order valence-electron chi connectivity index (χ1n) is 5.36. The van der Waals surface area contributed by atoms with Gasteiger partial charge in [-0.05, 0) is 13.8 Å². The van der Waals surface area contributed by atoms with Crippen LogP contribution >= 0.6 is 0 Å². The molecule has 0 aromatic carbocycles. The molecule has 0 fully saturated rings. The topological polar surface area (TPSA) is 89.6 Å². The molecule has 90 valence electrons. The lowest BCUT2D eigenvalue weighted by Crippen LogP contribution is -2.10. The third-order valence-corrected chi connectivity index (χ3v) is 2.29. The molecule has 0 aliphatic carbocycles. The molecule has 0 saturated carbocycles. The fourth-order valence-corrected chi connectivity index (χ4v) is 1.26. The van der Waals surface area contributed by atoms with Crippen molar-refractivity contribution in [2.75, 3.05) is 11.9 Å². The number of nitrogens with zero attached hydrogens (tertiary/aromatic N) is 5. The first kappa shape index (κ1) is 11.4. The minimum absolute atomic E-state index is 0.522. The van der Waals surface area contributed by atoms with Crippen molar-refractivity contribution in [1.82, 2.24) is 25.3 Å². The Balaban J connectivity index is 1.87. The molecule has 7 heteroatoms. The molecular weight excluding hydrogens is 220 g/mol. The molecule has 0 amide bonds. The Morgan fingerprint density at radius 2 is 1.88 bits per heavy atom. The maximum absolute atomic E-state index is 4.87. The smallest absolute Gasteiger partial charge is 0.242 e. The predicted molar refractivity (Wildman–Crippen MR) is 60.5 cm³/mol. The van der Waals surface area contributed by atoms with Crippen molar-refractivity contribution in [3.63, 3.8) is 0 Å². The van der Waals surface area contributed by atoms with Gasteiger partial charge in [0.1, 0.15) is 0 Å². The second-order valence-corrected chi connectivity index (χ2v) is 3.71. The molecule has 1 N–H and O–H groups in total. The van der Waals surface area contributed by atoms with Crippen LogP contribution in [0.5, 0.6) is 0 Å². The van der Waals surface area contributed by atoms with Gasteiger partial charge in [-0.3, -0.25) is 0 Å². The number of rotatable bonds is 4. The Hall–Kier alpha value is -2.05. The van der Waals surface area contributed by atoms with E-state index < -0.39 is 0 Å². The summed E-state index contributed by atoms with van der Waals surface area (Å²) >= 11 is 0. The van der Waals surface area contributed by atoms with Gasteiger partial charge in [0.05, 0.1) is 11.4 Å². The van der Waals surface area contributed by atoms with Crippen molar-refractivity contribution >= 4 is 5.95 Å². The second-order valence-electron chi connectivity index (χ2n) is 3.71. The number of aryl methyl sites for hydroxylation is 3. The fourth-order valence-electron chi connectivity index (χ4n) is 1.26. The molecule has 2 heterocycles. The fraction of sp³-hybridized carbons (Fsp3) is 0.500. The van der Waals surface area contributed by atoms with Crippen LogP contribution in [0.2, 0.25) is 0 Å². The molecule has 2 aromatic heterocycles. The zero-order valence-electron chi connectivity index (χ0n) is 10.1. The van der Waals surface area contributed by atoms with Gasteiger partial charge in [0.2, 0.25) is 11.8 Å². The normalized spacial score (nSPS) is 10.5. The lowest BCUT2D eigenvalue weighted by molar-refractivity contribution is 0.387. The molecule has 0 aliphatic heterocycles. The van der Waals surface area contributed by atoms with Gasteiger partial charge in [0, 0.05) is 19.9 Å². The van der Waals surface area contributed by atoms with E-state index in [1.807, 2.05) is 13.8 Å². The van der Waals surface area contributed by atoms with E-state index in [0.29, 0.717) is 30.6 Å². The van der Waals surface area contributed by atoms with E-state index >= 15 is 0 Å². The number of aromatic nitrogens is 5. The van der Waals surface area contributed by atoms with E-state index in [4.69, 9.17) is 4.52 Å². The molecule has 17 heavy (non-hydrogen) atoms. The number of nitrogens with one attached hydrogen (secondary N) is 1. The van der Waals surface area contributed by atoms with Crippen molar-refractivity contribution in [1.29, 1.82) is 0 Å². The third kappa shape index (κ3) is 2.96. The zero-order valence-corrected chi connectivity index (χ0v) is 10.1. The van der Waals surface area contributed by atoms with Crippen molar-refractivity contribution in [2.45, 2.75) is 27.2 Å². The van der Waals surface area contributed by atoms with Crippen LogP contribution in [0.3, 0.4) is 0 Å². The van der Waals surface area contributed by atoms with Crippen molar-refractivity contribution < 1.29 is 4.52 Å². The minimum Gasteiger partial charge on any atom is -0.352 e. The standard InChI is InChI=1S/C10H14N6O/c1-6-7(2)14-15-10(12-6)11-5-4-9-13-8(3)17-16-9/h4-5H2,1-3H3,(H,11,12,15). The maximum Gasteiger partial charge on any atom is 0.242 e.